The fraction of sp³-hybridized carbons (Fsp3) is 0.263. The Morgan fingerprint density at radius 1 is 1.07 bits per heavy atom. The molecule has 1 aliphatic heterocycles. The van der Waals surface area contributed by atoms with Crippen LogP contribution in [-0.2, 0) is 17.1 Å². The van der Waals surface area contributed by atoms with E-state index in [4.69, 9.17) is 5.73 Å². The number of nitrogens with zero attached hydrogens (tertiary/aromatic N) is 3. The van der Waals surface area contributed by atoms with Crippen molar-refractivity contribution in [1.29, 1.82) is 0 Å². The maximum absolute atomic E-state index is 12.8. The summed E-state index contributed by atoms with van der Waals surface area (Å²) in [5, 5.41) is 0. The van der Waals surface area contributed by atoms with Crippen LogP contribution in [0.25, 0.3) is 22.2 Å². The Labute approximate surface area is 161 Å². The molecule has 0 bridgehead atoms. The number of sulfonamides is 1. The molecule has 0 atom stereocenters. The zero-order chi connectivity index (χ0) is 20.2. The average molecular weight is 400 g/mol. The molecule has 1 fully saturated rings. The molecule has 0 radical (unpaired) electrons. The summed E-state index contributed by atoms with van der Waals surface area (Å²) in [6, 6.07) is 12.4. The molecule has 8 nitrogen and oxygen atoms in total. The molecule has 0 spiro atoms. The molecular formula is C19H20N4O4S. The number of amides is 1. The molecule has 28 heavy (non-hydrogen) atoms. The number of rotatable bonds is 4. The molecule has 1 aromatic heterocycles. The lowest BCUT2D eigenvalue weighted by Crippen LogP contribution is -2.52. The van der Waals surface area contributed by atoms with Gasteiger partial charge in [0.15, 0.2) is 0 Å². The third-order valence-corrected chi connectivity index (χ3v) is 6.47. The number of fused-ring (bicyclic) bond motifs is 1. The van der Waals surface area contributed by atoms with Crippen LogP contribution in [0.3, 0.4) is 0 Å². The Bertz CT molecular complexity index is 1270. The van der Waals surface area contributed by atoms with Crippen molar-refractivity contribution in [2.75, 3.05) is 19.3 Å². The third kappa shape index (κ3) is 2.92. The van der Waals surface area contributed by atoms with E-state index in [1.807, 2.05) is 24.3 Å². The predicted octanol–water partition coefficient (Wildman–Crippen LogP) is 0.922. The van der Waals surface area contributed by atoms with Crippen LogP contribution in [0.4, 0.5) is 0 Å². The summed E-state index contributed by atoms with van der Waals surface area (Å²) in [7, 11) is -1.55. The van der Waals surface area contributed by atoms with Gasteiger partial charge in [0, 0.05) is 25.7 Å². The van der Waals surface area contributed by atoms with Crippen LogP contribution < -0.4 is 11.4 Å². The first-order valence-electron chi connectivity index (χ1n) is 8.73. The van der Waals surface area contributed by atoms with Gasteiger partial charge < -0.3 is 5.73 Å². The van der Waals surface area contributed by atoms with E-state index in [9.17, 15) is 18.0 Å². The lowest BCUT2D eigenvalue weighted by atomic mass is 10.0. The van der Waals surface area contributed by atoms with E-state index in [0.29, 0.717) is 18.7 Å². The second-order valence-electron chi connectivity index (χ2n) is 7.09. The summed E-state index contributed by atoms with van der Waals surface area (Å²) in [4.78, 5) is 24.2. The molecule has 2 heterocycles. The van der Waals surface area contributed by atoms with Crippen molar-refractivity contribution in [3.05, 3.63) is 58.5 Å². The summed E-state index contributed by atoms with van der Waals surface area (Å²) in [6.07, 6.45) is 1.17. The monoisotopic (exact) mass is 400 g/mol. The average Bonchev–Trinajstić information content (AvgIpc) is 2.84. The zero-order valence-electron chi connectivity index (χ0n) is 15.5. The third-order valence-electron chi connectivity index (χ3n) is 5.23. The first-order chi connectivity index (χ1) is 13.2. The number of carbonyl (C=O) groups excluding carboxylic acids is 1. The molecule has 1 aliphatic rings. The number of aryl methyl sites for hydroxylation is 1. The minimum atomic E-state index is -3.25. The number of hydrogen-bond donors (Lipinski definition) is 1. The second-order valence-corrected chi connectivity index (χ2v) is 9.08. The number of benzene rings is 2. The van der Waals surface area contributed by atoms with Gasteiger partial charge in [-0.2, -0.15) is 4.31 Å². The predicted molar refractivity (Wildman–Crippen MR) is 107 cm³/mol. The highest BCUT2D eigenvalue weighted by Gasteiger charge is 2.36. The van der Waals surface area contributed by atoms with E-state index in [1.54, 1.807) is 34.4 Å². The number of carbonyl (C=O) groups is 1. The fourth-order valence-corrected chi connectivity index (χ4v) is 4.48. The zero-order valence-corrected chi connectivity index (χ0v) is 16.3. The maximum Gasteiger partial charge on any atom is 0.329 e. The van der Waals surface area contributed by atoms with Crippen molar-refractivity contribution in [3.8, 4) is 11.1 Å². The van der Waals surface area contributed by atoms with Crippen molar-refractivity contribution in [2.24, 2.45) is 12.8 Å². The molecular weight excluding hydrogens is 380 g/mol. The fourth-order valence-electron chi connectivity index (χ4n) is 3.60. The van der Waals surface area contributed by atoms with Gasteiger partial charge in [-0.15, -0.1) is 0 Å². The van der Waals surface area contributed by atoms with Gasteiger partial charge in [-0.1, -0.05) is 18.2 Å². The largest absolute Gasteiger partial charge is 0.366 e. The quantitative estimate of drug-likeness (QED) is 0.703. The van der Waals surface area contributed by atoms with Gasteiger partial charge in [-0.3, -0.25) is 13.9 Å². The normalized spacial score (nSPS) is 15.6. The van der Waals surface area contributed by atoms with Gasteiger partial charge in [0.05, 0.1) is 23.3 Å². The number of primary amides is 1. The van der Waals surface area contributed by atoms with Crippen LogP contribution in [0.2, 0.25) is 0 Å². The first-order valence-corrected chi connectivity index (χ1v) is 10.6. The first kappa shape index (κ1) is 18.5. The van der Waals surface area contributed by atoms with E-state index in [0.717, 1.165) is 22.2 Å². The minimum Gasteiger partial charge on any atom is -0.366 e. The van der Waals surface area contributed by atoms with Crippen LogP contribution in [0.5, 0.6) is 0 Å². The molecule has 1 amide bonds. The molecule has 2 N–H and O–H groups in total. The van der Waals surface area contributed by atoms with E-state index in [2.05, 4.69) is 0 Å². The standard InChI is InChI=1S/C19H20N4O4S/c1-21-17-9-13(12-4-3-5-14(8-12)18(20)24)6-7-16(17)23(19(21)25)15-10-22(11-15)28(2,26)27/h3-9,15H,10-11H2,1-2H3,(H2,20,24). The summed E-state index contributed by atoms with van der Waals surface area (Å²) in [5.41, 5.74) is 8.76. The van der Waals surface area contributed by atoms with Crippen molar-refractivity contribution in [1.82, 2.24) is 13.4 Å². The number of hydrogen-bond acceptors (Lipinski definition) is 4. The van der Waals surface area contributed by atoms with Crippen molar-refractivity contribution in [3.63, 3.8) is 0 Å². The highest BCUT2D eigenvalue weighted by atomic mass is 32.2. The molecule has 0 aliphatic carbocycles. The van der Waals surface area contributed by atoms with Crippen LogP contribution in [0, 0.1) is 0 Å². The van der Waals surface area contributed by atoms with Crippen molar-refractivity contribution < 1.29 is 13.2 Å². The molecule has 0 unspecified atom stereocenters. The summed E-state index contributed by atoms with van der Waals surface area (Å²) < 4.78 is 27.8. The van der Waals surface area contributed by atoms with Gasteiger partial charge in [0.25, 0.3) is 0 Å². The SMILES string of the molecule is Cn1c(=O)n(C2CN(S(C)(=O)=O)C2)c2ccc(-c3cccc(C(N)=O)c3)cc21. The summed E-state index contributed by atoms with van der Waals surface area (Å²) in [6.45, 7) is 0.584. The lowest BCUT2D eigenvalue weighted by Gasteiger charge is -2.37. The molecule has 3 aromatic rings. The van der Waals surface area contributed by atoms with Crippen LogP contribution in [-0.4, -0.2) is 47.1 Å². The molecule has 4 rings (SSSR count). The van der Waals surface area contributed by atoms with Crippen LogP contribution in [0.15, 0.2) is 47.3 Å². The number of imidazole rings is 1. The molecule has 0 saturated carbocycles. The van der Waals surface area contributed by atoms with Gasteiger partial charge in [-0.25, -0.2) is 13.2 Å². The molecule has 9 heteroatoms. The van der Waals surface area contributed by atoms with Gasteiger partial charge >= 0.3 is 5.69 Å². The highest BCUT2D eigenvalue weighted by molar-refractivity contribution is 7.88. The number of aromatic nitrogens is 2. The summed E-state index contributed by atoms with van der Waals surface area (Å²) in [5.74, 6) is -0.498. The minimum absolute atomic E-state index is 0.184. The maximum atomic E-state index is 12.8. The van der Waals surface area contributed by atoms with E-state index < -0.39 is 15.9 Å². The lowest BCUT2D eigenvalue weighted by molar-refractivity contribution is 0.100. The molecule has 146 valence electrons. The topological polar surface area (TPSA) is 107 Å². The van der Waals surface area contributed by atoms with Crippen LogP contribution in [0.1, 0.15) is 16.4 Å². The van der Waals surface area contributed by atoms with Gasteiger partial charge in [0.2, 0.25) is 15.9 Å². The van der Waals surface area contributed by atoms with Gasteiger partial charge in [0.1, 0.15) is 0 Å². The van der Waals surface area contributed by atoms with E-state index in [-0.39, 0.29) is 11.7 Å². The van der Waals surface area contributed by atoms with E-state index >= 15 is 0 Å². The Hall–Kier alpha value is -2.91. The van der Waals surface area contributed by atoms with Gasteiger partial charge in [-0.05, 0) is 35.4 Å². The van der Waals surface area contributed by atoms with Crippen LogP contribution >= 0.6 is 0 Å². The van der Waals surface area contributed by atoms with E-state index in [1.165, 1.54) is 10.6 Å². The van der Waals surface area contributed by atoms with Crippen molar-refractivity contribution >= 4 is 27.0 Å². The Morgan fingerprint density at radius 2 is 1.75 bits per heavy atom. The summed E-state index contributed by atoms with van der Waals surface area (Å²) >= 11 is 0. The molecule has 2 aromatic carbocycles. The Kier molecular flexibility index (Phi) is 4.16. The molecule has 1 saturated heterocycles. The number of nitrogens with two attached hydrogens (primary N) is 1. The van der Waals surface area contributed by atoms with Crippen molar-refractivity contribution in [2.45, 2.75) is 6.04 Å². The smallest absolute Gasteiger partial charge is 0.329 e. The highest BCUT2D eigenvalue weighted by Crippen LogP contribution is 2.29. The second kappa shape index (κ2) is 6.32. The Balaban J connectivity index is 1.76. The Morgan fingerprint density at radius 3 is 2.39 bits per heavy atom.